The van der Waals surface area contributed by atoms with Crippen LogP contribution in [0.4, 0.5) is 0 Å². The molecule has 10 nitrogen and oxygen atoms in total. The molecule has 2 amide bonds. The van der Waals surface area contributed by atoms with Crippen molar-refractivity contribution < 1.29 is 29.0 Å². The molecule has 2 N–H and O–H groups in total. The number of hydrogen-bond donors (Lipinski definition) is 2. The van der Waals surface area contributed by atoms with Crippen LogP contribution in [0.15, 0.2) is 85.2 Å². The van der Waals surface area contributed by atoms with Crippen molar-refractivity contribution in [3.63, 3.8) is 0 Å². The van der Waals surface area contributed by atoms with Crippen molar-refractivity contribution in [2.75, 3.05) is 26.3 Å². The van der Waals surface area contributed by atoms with Gasteiger partial charge in [-0.3, -0.25) is 14.4 Å². The Bertz CT molecular complexity index is 1740. The molecule has 1 aromatic heterocycles. The average Bonchev–Trinajstić information content (AvgIpc) is 3.68. The van der Waals surface area contributed by atoms with Crippen LogP contribution in [0.5, 0.6) is 11.5 Å². The number of carboxylic acid groups (broad SMARTS) is 1. The number of benzene rings is 3. The Kier molecular flexibility index (Phi) is 14.8. The molecule has 1 aliphatic heterocycles. The maximum absolute atomic E-state index is 13.7. The summed E-state index contributed by atoms with van der Waals surface area (Å²) >= 11 is 0. The number of nitrogens with zero attached hydrogens (tertiary/aromatic N) is 3. The monoisotopic (exact) mass is 720 g/mol. The summed E-state index contributed by atoms with van der Waals surface area (Å²) < 4.78 is 11.6. The minimum atomic E-state index is -0.917. The van der Waals surface area contributed by atoms with Crippen molar-refractivity contribution in [3.8, 4) is 34.0 Å². The van der Waals surface area contributed by atoms with Crippen molar-refractivity contribution in [2.45, 2.75) is 84.1 Å². The predicted octanol–water partition coefficient (Wildman–Crippen LogP) is 7.54. The van der Waals surface area contributed by atoms with E-state index in [1.54, 1.807) is 17.3 Å². The van der Waals surface area contributed by atoms with Gasteiger partial charge in [-0.25, -0.2) is 9.97 Å². The fourth-order valence-electron chi connectivity index (χ4n) is 6.34. The topological polar surface area (TPSA) is 131 Å². The number of carbonyl (C=O) groups is 3. The Morgan fingerprint density at radius 3 is 1.96 bits per heavy atom. The van der Waals surface area contributed by atoms with E-state index in [4.69, 9.17) is 9.47 Å². The van der Waals surface area contributed by atoms with Crippen LogP contribution in [0, 0.1) is 5.92 Å². The standard InChI is InChI=1S/C43H52N4O6/c1-3-5-7-8-9-25-53-38-20-16-33(17-21-38)36-28-44-41(45-29-36)34-14-10-31(11-15-34)26-39(42(49)47-23-22-35(30-47)43(50)51)46-40(48)27-32-12-18-37(19-13-32)52-24-6-4-2/h10-21,28-29,35,39H,3-9,22-27,30H2,1-2H3,(H,46,48)(H,50,51)/t35-,39-/m0/s1. The quantitative estimate of drug-likeness (QED) is 0.0896. The number of ether oxygens (including phenoxy) is 2. The van der Waals surface area contributed by atoms with Gasteiger partial charge in [0.1, 0.15) is 17.5 Å². The van der Waals surface area contributed by atoms with Crippen molar-refractivity contribution in [2.24, 2.45) is 5.92 Å². The minimum absolute atomic E-state index is 0.0974. The molecular formula is C43H52N4O6. The smallest absolute Gasteiger partial charge is 0.308 e. The maximum atomic E-state index is 13.7. The highest BCUT2D eigenvalue weighted by Gasteiger charge is 2.34. The SMILES string of the molecule is CCCCCCCOc1ccc(-c2cnc(-c3ccc(C[C@H](NC(=O)Cc4ccc(OCCCC)cc4)C(=O)N4CC[C@H](C(=O)O)C4)cc3)nc2)cc1. The largest absolute Gasteiger partial charge is 0.494 e. The third kappa shape index (κ3) is 11.9. The first-order valence-electron chi connectivity index (χ1n) is 19.0. The van der Waals surface area contributed by atoms with Gasteiger partial charge < -0.3 is 24.8 Å². The molecule has 0 unspecified atom stereocenters. The van der Waals surface area contributed by atoms with Crippen molar-refractivity contribution in [1.82, 2.24) is 20.2 Å². The van der Waals surface area contributed by atoms with Gasteiger partial charge in [0.15, 0.2) is 5.82 Å². The molecule has 0 radical (unpaired) electrons. The molecule has 0 aliphatic carbocycles. The number of rotatable bonds is 20. The Labute approximate surface area is 313 Å². The number of aliphatic carboxylic acids is 1. The normalized spacial score (nSPS) is 14.5. The molecule has 2 atom stereocenters. The lowest BCUT2D eigenvalue weighted by Crippen LogP contribution is -2.49. The zero-order valence-electron chi connectivity index (χ0n) is 31.0. The molecule has 1 saturated heterocycles. The van der Waals surface area contributed by atoms with Crippen LogP contribution < -0.4 is 14.8 Å². The third-order valence-corrected chi connectivity index (χ3v) is 9.55. The van der Waals surface area contributed by atoms with Crippen LogP contribution in [-0.4, -0.2) is 70.1 Å². The number of aromatic nitrogens is 2. The molecule has 0 spiro atoms. The van der Waals surface area contributed by atoms with E-state index in [9.17, 15) is 19.5 Å². The van der Waals surface area contributed by atoms with Crippen LogP contribution in [0.1, 0.15) is 76.3 Å². The van der Waals surface area contributed by atoms with Gasteiger partial charge in [-0.15, -0.1) is 0 Å². The number of nitrogens with one attached hydrogen (secondary N) is 1. The van der Waals surface area contributed by atoms with E-state index < -0.39 is 17.9 Å². The highest BCUT2D eigenvalue weighted by molar-refractivity contribution is 5.89. The summed E-state index contributed by atoms with van der Waals surface area (Å²) in [6, 6.07) is 22.2. The van der Waals surface area contributed by atoms with E-state index in [0.717, 1.165) is 65.2 Å². The molecule has 4 aromatic rings. The van der Waals surface area contributed by atoms with Crippen LogP contribution >= 0.6 is 0 Å². The molecule has 1 fully saturated rings. The number of unbranched alkanes of at least 4 members (excludes halogenated alkanes) is 5. The van der Waals surface area contributed by atoms with Crippen LogP contribution in [0.3, 0.4) is 0 Å². The highest BCUT2D eigenvalue weighted by atomic mass is 16.5. The van der Waals surface area contributed by atoms with E-state index in [1.807, 2.05) is 72.8 Å². The Morgan fingerprint density at radius 2 is 1.34 bits per heavy atom. The van der Waals surface area contributed by atoms with Crippen molar-refractivity contribution in [1.29, 1.82) is 0 Å². The Hall–Kier alpha value is -5.25. The molecule has 0 saturated carbocycles. The van der Waals surface area contributed by atoms with Gasteiger partial charge in [0.25, 0.3) is 0 Å². The van der Waals surface area contributed by atoms with Crippen LogP contribution in [0.2, 0.25) is 0 Å². The number of hydrogen-bond acceptors (Lipinski definition) is 7. The predicted molar refractivity (Wildman–Crippen MR) is 206 cm³/mol. The van der Waals surface area contributed by atoms with Gasteiger partial charge >= 0.3 is 5.97 Å². The molecular weight excluding hydrogens is 668 g/mol. The van der Waals surface area contributed by atoms with Gasteiger partial charge in [-0.05, 0) is 60.2 Å². The minimum Gasteiger partial charge on any atom is -0.494 e. The van der Waals surface area contributed by atoms with Gasteiger partial charge in [0, 0.05) is 43.0 Å². The molecule has 2 heterocycles. The average molecular weight is 721 g/mol. The first kappa shape index (κ1) is 39.0. The second-order valence-electron chi connectivity index (χ2n) is 13.7. The molecule has 3 aromatic carbocycles. The summed E-state index contributed by atoms with van der Waals surface area (Å²) in [5.41, 5.74) is 4.36. The van der Waals surface area contributed by atoms with Gasteiger partial charge in [0.05, 0.1) is 25.6 Å². The van der Waals surface area contributed by atoms with Gasteiger partial charge in [-0.1, -0.05) is 94.5 Å². The van der Waals surface area contributed by atoms with Crippen LogP contribution in [-0.2, 0) is 27.2 Å². The van der Waals surface area contributed by atoms with E-state index in [2.05, 4.69) is 29.1 Å². The zero-order valence-corrected chi connectivity index (χ0v) is 31.0. The van der Waals surface area contributed by atoms with Gasteiger partial charge in [-0.2, -0.15) is 0 Å². The first-order valence-corrected chi connectivity index (χ1v) is 19.0. The van der Waals surface area contributed by atoms with E-state index >= 15 is 0 Å². The fourth-order valence-corrected chi connectivity index (χ4v) is 6.34. The molecule has 10 heteroatoms. The fraction of sp³-hybridized carbons (Fsp3) is 0.419. The number of carbonyl (C=O) groups excluding carboxylic acids is 2. The first-order chi connectivity index (χ1) is 25.8. The van der Waals surface area contributed by atoms with E-state index in [1.165, 1.54) is 25.7 Å². The lowest BCUT2D eigenvalue weighted by molar-refractivity contribution is -0.142. The number of carboxylic acids is 1. The molecule has 1 aliphatic rings. The molecule has 0 bridgehead atoms. The Balaban J connectivity index is 1.20. The zero-order chi connectivity index (χ0) is 37.4. The highest BCUT2D eigenvalue weighted by Crippen LogP contribution is 2.24. The third-order valence-electron chi connectivity index (χ3n) is 9.55. The van der Waals surface area contributed by atoms with Crippen molar-refractivity contribution >= 4 is 17.8 Å². The van der Waals surface area contributed by atoms with E-state index in [-0.39, 0.29) is 31.2 Å². The van der Waals surface area contributed by atoms with E-state index in [0.29, 0.717) is 25.4 Å². The molecule has 53 heavy (non-hydrogen) atoms. The molecule has 5 rings (SSSR count). The summed E-state index contributed by atoms with van der Waals surface area (Å²) in [5.74, 6) is 0.0781. The molecule has 280 valence electrons. The van der Waals surface area contributed by atoms with Crippen LogP contribution in [0.25, 0.3) is 22.5 Å². The summed E-state index contributed by atoms with van der Waals surface area (Å²) in [6.45, 7) is 6.16. The summed E-state index contributed by atoms with van der Waals surface area (Å²) in [7, 11) is 0. The Morgan fingerprint density at radius 1 is 0.755 bits per heavy atom. The second-order valence-corrected chi connectivity index (χ2v) is 13.7. The summed E-state index contributed by atoms with van der Waals surface area (Å²) in [6.07, 6.45) is 12.4. The second kappa shape index (κ2) is 20.1. The van der Waals surface area contributed by atoms with Gasteiger partial charge in [0.2, 0.25) is 11.8 Å². The maximum Gasteiger partial charge on any atom is 0.308 e. The summed E-state index contributed by atoms with van der Waals surface area (Å²) in [5, 5.41) is 12.4. The lowest BCUT2D eigenvalue weighted by Gasteiger charge is -2.24. The number of likely N-dealkylation sites (tertiary alicyclic amines) is 1. The number of amides is 2. The summed E-state index contributed by atoms with van der Waals surface area (Å²) in [4.78, 5) is 49.3. The lowest BCUT2D eigenvalue weighted by atomic mass is 10.0. The van der Waals surface area contributed by atoms with Crippen molar-refractivity contribution in [3.05, 3.63) is 96.3 Å².